The largest absolute Gasteiger partial charge is 0.495 e. The highest BCUT2D eigenvalue weighted by Gasteiger charge is 2.22. The fraction of sp³-hybridized carbons (Fsp3) is 0.435. The molecule has 1 saturated heterocycles. The first kappa shape index (κ1) is 23.6. The SMILES string of the molecule is CCCNC(=O)CN1CCN(Cn2nc(-c3cccs3)n(-c3ccccc3OC)c2=S)CC1. The van der Waals surface area contributed by atoms with Crippen LogP contribution < -0.4 is 10.1 Å². The lowest BCUT2D eigenvalue weighted by atomic mass is 10.3. The summed E-state index contributed by atoms with van der Waals surface area (Å²) in [5, 5.41) is 9.90. The minimum absolute atomic E-state index is 0.101. The van der Waals surface area contributed by atoms with Crippen molar-refractivity contribution in [3.8, 4) is 22.1 Å². The van der Waals surface area contributed by atoms with Crippen LogP contribution >= 0.6 is 23.6 Å². The molecule has 0 saturated carbocycles. The molecule has 3 heterocycles. The molecule has 0 aliphatic carbocycles. The second kappa shape index (κ2) is 11.1. The fourth-order valence-electron chi connectivity index (χ4n) is 3.90. The number of piperazine rings is 1. The lowest BCUT2D eigenvalue weighted by molar-refractivity contribution is -0.122. The van der Waals surface area contributed by atoms with E-state index in [1.165, 1.54) is 0 Å². The molecule has 176 valence electrons. The molecule has 1 aromatic carbocycles. The van der Waals surface area contributed by atoms with Crippen molar-refractivity contribution in [3.63, 3.8) is 0 Å². The van der Waals surface area contributed by atoms with Crippen LogP contribution in [-0.4, -0.2) is 76.4 Å². The van der Waals surface area contributed by atoms with Crippen LogP contribution in [0.2, 0.25) is 0 Å². The summed E-state index contributed by atoms with van der Waals surface area (Å²) < 4.78 is 10.1. The molecule has 8 nitrogen and oxygen atoms in total. The summed E-state index contributed by atoms with van der Waals surface area (Å²) in [5.41, 5.74) is 0.877. The zero-order chi connectivity index (χ0) is 23.2. The van der Waals surface area contributed by atoms with Crippen molar-refractivity contribution >= 4 is 29.5 Å². The van der Waals surface area contributed by atoms with Crippen LogP contribution in [0.25, 0.3) is 16.4 Å². The van der Waals surface area contributed by atoms with Gasteiger partial charge < -0.3 is 10.1 Å². The molecule has 1 N–H and O–H groups in total. The molecule has 1 amide bonds. The number of thiophene rings is 1. The average Bonchev–Trinajstić information content (AvgIpc) is 3.47. The number of carbonyl (C=O) groups excluding carboxylic acids is 1. The maximum absolute atomic E-state index is 12.0. The number of benzene rings is 1. The number of methoxy groups -OCH3 is 1. The number of para-hydroxylation sites is 2. The molecule has 0 atom stereocenters. The van der Waals surface area contributed by atoms with Crippen LogP contribution in [0.3, 0.4) is 0 Å². The smallest absolute Gasteiger partial charge is 0.234 e. The van der Waals surface area contributed by atoms with Gasteiger partial charge in [0.1, 0.15) is 5.75 Å². The zero-order valence-corrected chi connectivity index (χ0v) is 20.7. The van der Waals surface area contributed by atoms with Gasteiger partial charge >= 0.3 is 0 Å². The summed E-state index contributed by atoms with van der Waals surface area (Å²) in [7, 11) is 1.67. The van der Waals surface area contributed by atoms with E-state index in [4.69, 9.17) is 22.1 Å². The lowest BCUT2D eigenvalue weighted by Gasteiger charge is -2.33. The van der Waals surface area contributed by atoms with E-state index in [-0.39, 0.29) is 5.91 Å². The zero-order valence-electron chi connectivity index (χ0n) is 19.1. The van der Waals surface area contributed by atoms with Crippen LogP contribution in [0.15, 0.2) is 41.8 Å². The topological polar surface area (TPSA) is 67.6 Å². The molecule has 3 aromatic rings. The number of amides is 1. The van der Waals surface area contributed by atoms with E-state index in [2.05, 4.69) is 28.1 Å². The third kappa shape index (κ3) is 5.52. The van der Waals surface area contributed by atoms with Gasteiger partial charge in [-0.2, -0.15) is 0 Å². The Bertz CT molecular complexity index is 1120. The number of rotatable bonds is 9. The molecule has 1 aliphatic heterocycles. The van der Waals surface area contributed by atoms with E-state index in [1.807, 2.05) is 45.0 Å². The van der Waals surface area contributed by atoms with Crippen molar-refractivity contribution in [2.24, 2.45) is 0 Å². The Labute approximate surface area is 203 Å². The van der Waals surface area contributed by atoms with Gasteiger partial charge in [-0.05, 0) is 42.2 Å². The van der Waals surface area contributed by atoms with Crippen LogP contribution in [0.4, 0.5) is 0 Å². The van der Waals surface area contributed by atoms with E-state index in [0.717, 1.165) is 61.3 Å². The Balaban J connectivity index is 1.52. The minimum Gasteiger partial charge on any atom is -0.495 e. The average molecular weight is 487 g/mol. The fourth-order valence-corrected chi connectivity index (χ4v) is 4.88. The van der Waals surface area contributed by atoms with E-state index in [1.54, 1.807) is 18.4 Å². The quantitative estimate of drug-likeness (QED) is 0.469. The van der Waals surface area contributed by atoms with Crippen molar-refractivity contribution < 1.29 is 9.53 Å². The van der Waals surface area contributed by atoms with Gasteiger partial charge in [0.05, 0.1) is 30.9 Å². The molecular formula is C23H30N6O2S2. The normalized spacial score (nSPS) is 15.0. The first-order valence-corrected chi connectivity index (χ1v) is 12.5. The van der Waals surface area contributed by atoms with Crippen molar-refractivity contribution in [1.29, 1.82) is 0 Å². The second-order valence-electron chi connectivity index (χ2n) is 7.98. The minimum atomic E-state index is 0.101. The Morgan fingerprint density at radius 2 is 1.91 bits per heavy atom. The van der Waals surface area contributed by atoms with E-state index in [0.29, 0.717) is 18.0 Å². The summed E-state index contributed by atoms with van der Waals surface area (Å²) in [6.45, 7) is 7.27. The molecule has 0 radical (unpaired) electrons. The molecule has 1 fully saturated rings. The number of nitrogens with zero attached hydrogens (tertiary/aromatic N) is 5. The molecule has 0 spiro atoms. The highest BCUT2D eigenvalue weighted by Crippen LogP contribution is 2.30. The Morgan fingerprint density at radius 3 is 2.61 bits per heavy atom. The molecule has 0 unspecified atom stereocenters. The third-order valence-electron chi connectivity index (χ3n) is 5.65. The molecule has 10 heteroatoms. The van der Waals surface area contributed by atoms with Gasteiger partial charge in [0.2, 0.25) is 10.7 Å². The summed E-state index contributed by atoms with van der Waals surface area (Å²) in [4.78, 5) is 17.6. The van der Waals surface area contributed by atoms with E-state index < -0.39 is 0 Å². The Kier molecular flexibility index (Phi) is 7.92. The molecule has 33 heavy (non-hydrogen) atoms. The number of nitrogens with one attached hydrogen (secondary N) is 1. The lowest BCUT2D eigenvalue weighted by Crippen LogP contribution is -2.49. The van der Waals surface area contributed by atoms with Crippen molar-refractivity contribution in [3.05, 3.63) is 46.5 Å². The van der Waals surface area contributed by atoms with Crippen molar-refractivity contribution in [2.45, 2.75) is 20.0 Å². The van der Waals surface area contributed by atoms with Gasteiger partial charge in [-0.25, -0.2) is 4.68 Å². The molecular weight excluding hydrogens is 456 g/mol. The van der Waals surface area contributed by atoms with E-state index in [9.17, 15) is 4.79 Å². The summed E-state index contributed by atoms with van der Waals surface area (Å²) in [5.74, 6) is 1.66. The number of hydrogen-bond acceptors (Lipinski definition) is 7. The Morgan fingerprint density at radius 1 is 1.15 bits per heavy atom. The van der Waals surface area contributed by atoms with E-state index >= 15 is 0 Å². The predicted octanol–water partition coefficient (Wildman–Crippen LogP) is 3.24. The maximum Gasteiger partial charge on any atom is 0.234 e. The van der Waals surface area contributed by atoms with Gasteiger partial charge in [-0.3, -0.25) is 19.2 Å². The van der Waals surface area contributed by atoms with Gasteiger partial charge in [-0.15, -0.1) is 16.4 Å². The highest BCUT2D eigenvalue weighted by molar-refractivity contribution is 7.71. The van der Waals surface area contributed by atoms with Gasteiger partial charge in [0.15, 0.2) is 5.82 Å². The van der Waals surface area contributed by atoms with Crippen LogP contribution in [-0.2, 0) is 11.5 Å². The standard InChI is InChI=1S/C23H30N6O2S2/c1-3-10-24-21(30)16-26-11-13-27(14-12-26)17-28-23(32)29(18-7-4-5-8-19(18)31-2)22(25-28)20-9-6-15-33-20/h4-9,15H,3,10-14,16-17H2,1-2H3,(H,24,30). The summed E-state index contributed by atoms with van der Waals surface area (Å²) in [6, 6.07) is 11.9. The number of carbonyl (C=O) groups is 1. The molecule has 0 bridgehead atoms. The maximum atomic E-state index is 12.0. The van der Waals surface area contributed by atoms with Gasteiger partial charge in [0.25, 0.3) is 0 Å². The second-order valence-corrected chi connectivity index (χ2v) is 9.29. The van der Waals surface area contributed by atoms with Gasteiger partial charge in [-0.1, -0.05) is 25.1 Å². The third-order valence-corrected chi connectivity index (χ3v) is 6.90. The molecule has 2 aromatic heterocycles. The van der Waals surface area contributed by atoms with Crippen LogP contribution in [0.1, 0.15) is 13.3 Å². The number of ether oxygens (including phenoxy) is 1. The predicted molar refractivity (Wildman–Crippen MR) is 134 cm³/mol. The van der Waals surface area contributed by atoms with Gasteiger partial charge in [0, 0.05) is 32.7 Å². The monoisotopic (exact) mass is 486 g/mol. The number of aromatic nitrogens is 3. The van der Waals surface area contributed by atoms with Crippen LogP contribution in [0, 0.1) is 4.77 Å². The van der Waals surface area contributed by atoms with Crippen LogP contribution in [0.5, 0.6) is 5.75 Å². The first-order chi connectivity index (χ1) is 16.1. The highest BCUT2D eigenvalue weighted by atomic mass is 32.1. The molecule has 4 rings (SSSR count). The first-order valence-electron chi connectivity index (χ1n) is 11.2. The number of hydrogen-bond donors (Lipinski definition) is 1. The summed E-state index contributed by atoms with van der Waals surface area (Å²) in [6.07, 6.45) is 0.953. The summed E-state index contributed by atoms with van der Waals surface area (Å²) >= 11 is 7.52. The molecule has 1 aliphatic rings. The van der Waals surface area contributed by atoms with Crippen molar-refractivity contribution in [2.75, 3.05) is 46.4 Å². The van der Waals surface area contributed by atoms with Crippen molar-refractivity contribution in [1.82, 2.24) is 29.5 Å². The Hall–Kier alpha value is -2.53.